The molecule has 12 nitrogen and oxygen atoms in total. The fourth-order valence-corrected chi connectivity index (χ4v) is 2.98. The number of aromatic nitrogens is 2. The maximum absolute atomic E-state index is 11.4. The van der Waals surface area contributed by atoms with Gasteiger partial charge < -0.3 is 20.1 Å². The summed E-state index contributed by atoms with van der Waals surface area (Å²) in [5, 5.41) is 25.5. The maximum Gasteiger partial charge on any atom is 0.413 e. The Kier molecular flexibility index (Phi) is 8.87. The van der Waals surface area contributed by atoms with Gasteiger partial charge in [-0.25, -0.2) is 9.59 Å². The lowest BCUT2D eigenvalue weighted by molar-refractivity contribution is 0.156. The number of rotatable bonds is 6. The van der Waals surface area contributed by atoms with Gasteiger partial charge in [0, 0.05) is 11.1 Å². The molecule has 0 aliphatic heterocycles. The molecule has 0 aliphatic carbocycles. The van der Waals surface area contributed by atoms with Gasteiger partial charge in [-0.05, 0) is 38.1 Å². The zero-order valence-corrected chi connectivity index (χ0v) is 19.7. The van der Waals surface area contributed by atoms with Crippen LogP contribution in [-0.2, 0) is 9.47 Å². The lowest BCUT2D eigenvalue weighted by Gasteiger charge is -2.10. The van der Waals surface area contributed by atoms with Crippen molar-refractivity contribution in [3.8, 4) is 22.5 Å². The molecule has 2 heterocycles. The first-order chi connectivity index (χ1) is 17.4. The molecule has 0 radical (unpaired) electrons. The standard InChI is InChI=1S/C24H26N8O4/c1-3-35-23(33)31-21(25)29-17-9-11-19(27-13-17)15-5-7-16(8-6-15)20-12-10-18(14-28-20)30-22(26)32-24(34)36-4-2/h5-14H,3-4H2,1-2H3,(H3,25,29,31,33)(H3,26,30,32,34). The molecule has 0 atom stereocenters. The number of ether oxygens (including phenoxy) is 2. The van der Waals surface area contributed by atoms with Crippen LogP contribution in [0.5, 0.6) is 0 Å². The fraction of sp³-hybridized carbons (Fsp3) is 0.167. The van der Waals surface area contributed by atoms with Crippen LogP contribution in [0.2, 0.25) is 0 Å². The second-order valence-electron chi connectivity index (χ2n) is 7.13. The first-order valence-electron chi connectivity index (χ1n) is 11.0. The molecule has 0 unspecified atom stereocenters. The Hall–Kier alpha value is -5.00. The summed E-state index contributed by atoms with van der Waals surface area (Å²) in [7, 11) is 0. The van der Waals surface area contributed by atoms with Crippen LogP contribution in [0.25, 0.3) is 22.5 Å². The minimum absolute atomic E-state index is 0.215. The molecule has 1 aromatic carbocycles. The third kappa shape index (κ3) is 7.52. The molecule has 0 fully saturated rings. The average molecular weight is 491 g/mol. The van der Waals surface area contributed by atoms with Crippen LogP contribution in [0.4, 0.5) is 21.0 Å². The van der Waals surface area contributed by atoms with Crippen molar-refractivity contribution in [2.24, 2.45) is 0 Å². The number of amides is 2. The smallest absolute Gasteiger partial charge is 0.413 e. The number of hydrogen-bond donors (Lipinski definition) is 6. The summed E-state index contributed by atoms with van der Waals surface area (Å²) in [6.45, 7) is 3.79. The van der Waals surface area contributed by atoms with Gasteiger partial charge in [0.2, 0.25) is 11.9 Å². The van der Waals surface area contributed by atoms with Crippen LogP contribution in [-0.4, -0.2) is 47.3 Å². The monoisotopic (exact) mass is 490 g/mol. The van der Waals surface area contributed by atoms with E-state index in [-0.39, 0.29) is 25.1 Å². The zero-order valence-electron chi connectivity index (χ0n) is 19.7. The third-order valence-electron chi connectivity index (χ3n) is 4.55. The van der Waals surface area contributed by atoms with Crippen molar-refractivity contribution in [2.75, 3.05) is 23.8 Å². The molecule has 6 N–H and O–H groups in total. The Balaban J connectivity index is 1.58. The van der Waals surface area contributed by atoms with Crippen LogP contribution >= 0.6 is 0 Å². The highest BCUT2D eigenvalue weighted by molar-refractivity contribution is 6.01. The van der Waals surface area contributed by atoms with Crippen LogP contribution < -0.4 is 21.3 Å². The maximum atomic E-state index is 11.4. The van der Waals surface area contributed by atoms with E-state index < -0.39 is 12.2 Å². The van der Waals surface area contributed by atoms with Crippen molar-refractivity contribution in [2.45, 2.75) is 13.8 Å². The predicted molar refractivity (Wildman–Crippen MR) is 136 cm³/mol. The van der Waals surface area contributed by atoms with E-state index in [1.165, 1.54) is 0 Å². The molecule has 36 heavy (non-hydrogen) atoms. The molecule has 0 spiro atoms. The molecule has 0 saturated carbocycles. The quantitative estimate of drug-likeness (QED) is 0.222. The van der Waals surface area contributed by atoms with Gasteiger partial charge >= 0.3 is 12.2 Å². The largest absolute Gasteiger partial charge is 0.450 e. The number of nitrogens with zero attached hydrogens (tertiary/aromatic N) is 2. The van der Waals surface area contributed by atoms with Crippen LogP contribution in [0.3, 0.4) is 0 Å². The predicted octanol–water partition coefficient (Wildman–Crippen LogP) is 4.00. The van der Waals surface area contributed by atoms with E-state index in [9.17, 15) is 9.59 Å². The highest BCUT2D eigenvalue weighted by Gasteiger charge is 2.08. The summed E-state index contributed by atoms with van der Waals surface area (Å²) in [6, 6.07) is 14.8. The van der Waals surface area contributed by atoms with Crippen molar-refractivity contribution >= 4 is 35.5 Å². The molecule has 3 aromatic rings. The van der Waals surface area contributed by atoms with Gasteiger partial charge in [-0.2, -0.15) is 0 Å². The van der Waals surface area contributed by atoms with Crippen LogP contribution in [0.15, 0.2) is 60.9 Å². The number of pyridine rings is 2. The molecular formula is C24H26N8O4. The first kappa shape index (κ1) is 25.6. The van der Waals surface area contributed by atoms with Gasteiger partial charge in [-0.1, -0.05) is 24.3 Å². The molecule has 186 valence electrons. The molecule has 0 bridgehead atoms. The Morgan fingerprint density at radius 2 is 1.08 bits per heavy atom. The number of nitrogens with one attached hydrogen (secondary N) is 6. The molecule has 3 rings (SSSR count). The number of carbonyl (C=O) groups is 2. The molecule has 12 heteroatoms. The lowest BCUT2D eigenvalue weighted by Crippen LogP contribution is -2.35. The zero-order chi connectivity index (χ0) is 25.9. The number of carbonyl (C=O) groups excluding carboxylic acids is 2. The Labute approximate surface area is 207 Å². The summed E-state index contributed by atoms with van der Waals surface area (Å²) in [4.78, 5) is 31.5. The Morgan fingerprint density at radius 3 is 1.39 bits per heavy atom. The molecule has 2 aromatic heterocycles. The minimum atomic E-state index is -0.703. The van der Waals surface area contributed by atoms with E-state index in [0.29, 0.717) is 11.4 Å². The SMILES string of the molecule is CCOC(=O)NC(=N)Nc1ccc(-c2ccc(-c3ccc(NC(=N)NC(=O)OCC)cn3)cc2)nc1. The normalized spacial score (nSPS) is 10.1. The van der Waals surface area contributed by atoms with Gasteiger partial charge in [0.05, 0.1) is 48.4 Å². The minimum Gasteiger partial charge on any atom is -0.450 e. The number of benzene rings is 1. The first-order valence-corrected chi connectivity index (χ1v) is 11.0. The number of hydrogen-bond acceptors (Lipinski definition) is 8. The van der Waals surface area contributed by atoms with Crippen molar-refractivity contribution in [1.29, 1.82) is 10.8 Å². The highest BCUT2D eigenvalue weighted by Crippen LogP contribution is 2.24. The third-order valence-corrected chi connectivity index (χ3v) is 4.55. The van der Waals surface area contributed by atoms with Crippen molar-refractivity contribution in [1.82, 2.24) is 20.6 Å². The number of guanidine groups is 2. The van der Waals surface area contributed by atoms with Crippen molar-refractivity contribution in [3.05, 3.63) is 60.9 Å². The number of alkyl carbamates (subject to hydrolysis) is 2. The van der Waals surface area contributed by atoms with Gasteiger partial charge in [-0.3, -0.25) is 31.4 Å². The number of anilines is 2. The summed E-state index contributed by atoms with van der Waals surface area (Å²) >= 11 is 0. The summed E-state index contributed by atoms with van der Waals surface area (Å²) < 4.78 is 9.46. The van der Waals surface area contributed by atoms with E-state index in [0.717, 1.165) is 22.5 Å². The fourth-order valence-electron chi connectivity index (χ4n) is 2.98. The molecule has 2 amide bonds. The van der Waals surface area contributed by atoms with E-state index in [2.05, 4.69) is 31.2 Å². The van der Waals surface area contributed by atoms with Gasteiger partial charge in [0.25, 0.3) is 0 Å². The van der Waals surface area contributed by atoms with E-state index in [1.807, 2.05) is 24.3 Å². The lowest BCUT2D eigenvalue weighted by atomic mass is 10.1. The molecule has 0 aliphatic rings. The summed E-state index contributed by atoms with van der Waals surface area (Å²) in [5.74, 6) is -0.429. The van der Waals surface area contributed by atoms with Gasteiger partial charge in [-0.15, -0.1) is 0 Å². The van der Waals surface area contributed by atoms with Crippen LogP contribution in [0.1, 0.15) is 13.8 Å². The van der Waals surface area contributed by atoms with Crippen molar-refractivity contribution < 1.29 is 19.1 Å². The van der Waals surface area contributed by atoms with Crippen molar-refractivity contribution in [3.63, 3.8) is 0 Å². The molecule has 0 saturated heterocycles. The molecular weight excluding hydrogens is 464 g/mol. The average Bonchev–Trinajstić information content (AvgIpc) is 2.85. The second-order valence-corrected chi connectivity index (χ2v) is 7.13. The van der Waals surface area contributed by atoms with E-state index >= 15 is 0 Å². The second kappa shape index (κ2) is 12.5. The van der Waals surface area contributed by atoms with Gasteiger partial charge in [0.1, 0.15) is 0 Å². The van der Waals surface area contributed by atoms with Gasteiger partial charge in [0.15, 0.2) is 0 Å². The summed E-state index contributed by atoms with van der Waals surface area (Å²) in [5.41, 5.74) is 4.33. The topological polar surface area (TPSA) is 174 Å². The van der Waals surface area contributed by atoms with E-state index in [1.54, 1.807) is 50.5 Å². The van der Waals surface area contributed by atoms with Crippen LogP contribution in [0, 0.1) is 10.8 Å². The highest BCUT2D eigenvalue weighted by atomic mass is 16.6. The Morgan fingerprint density at radius 1 is 0.694 bits per heavy atom. The Bertz CT molecular complexity index is 1120. The van der Waals surface area contributed by atoms with E-state index in [4.69, 9.17) is 20.3 Å². The summed E-state index contributed by atoms with van der Waals surface area (Å²) in [6.07, 6.45) is 1.72.